The smallest absolute Gasteiger partial charge is 0.144 e. The molecule has 0 unspecified atom stereocenters. The largest absolute Gasteiger partial charge is 0.507 e. The number of pyridine rings is 2. The Morgan fingerprint density at radius 2 is 1.42 bits per heavy atom. The molecule has 5 heteroatoms. The van der Waals surface area contributed by atoms with Crippen LogP contribution in [0.1, 0.15) is 52.7 Å². The van der Waals surface area contributed by atoms with E-state index in [9.17, 15) is 5.11 Å². The molecular formula is C40H36N3OPt-. The number of hydrogen-bond acceptors (Lipinski definition) is 3. The fourth-order valence-electron chi connectivity index (χ4n) is 6.14. The minimum absolute atomic E-state index is 0. The Morgan fingerprint density at radius 3 is 2.18 bits per heavy atom. The van der Waals surface area contributed by atoms with Gasteiger partial charge in [-0.05, 0) is 57.4 Å². The number of nitrogens with zero attached hydrogens (tertiary/aromatic N) is 3. The van der Waals surface area contributed by atoms with E-state index in [1.165, 1.54) is 5.56 Å². The average molecular weight is 770 g/mol. The minimum Gasteiger partial charge on any atom is -0.507 e. The molecular weight excluding hydrogens is 734 g/mol. The van der Waals surface area contributed by atoms with Crippen LogP contribution in [0, 0.1) is 6.07 Å². The molecule has 0 bridgehead atoms. The summed E-state index contributed by atoms with van der Waals surface area (Å²) in [5.74, 6) is 0.286. The Hall–Kier alpha value is -4.27. The Kier molecular flexibility index (Phi) is 7.70. The van der Waals surface area contributed by atoms with Crippen molar-refractivity contribution >= 4 is 32.7 Å². The SMILES string of the molecule is CC(C)(C)c1cc(-c2nc(-c3[c-]c(-n4c5ccccc5c5cccnc54)ccc3)cc3ccccc23)c(O)c(C(C)(C)C)c1.[Pt]. The van der Waals surface area contributed by atoms with Gasteiger partial charge in [0.05, 0.1) is 11.2 Å². The summed E-state index contributed by atoms with van der Waals surface area (Å²) in [6, 6.07) is 37.0. The maximum Gasteiger partial charge on any atom is 0.144 e. The van der Waals surface area contributed by atoms with Gasteiger partial charge in [0, 0.05) is 54.5 Å². The summed E-state index contributed by atoms with van der Waals surface area (Å²) in [5.41, 5.74) is 7.81. The molecule has 4 nitrogen and oxygen atoms in total. The van der Waals surface area contributed by atoms with Crippen molar-refractivity contribution < 1.29 is 26.2 Å². The van der Waals surface area contributed by atoms with Crippen molar-refractivity contribution in [2.24, 2.45) is 0 Å². The van der Waals surface area contributed by atoms with E-state index in [1.54, 1.807) is 0 Å². The molecule has 4 aromatic carbocycles. The van der Waals surface area contributed by atoms with E-state index in [0.29, 0.717) is 0 Å². The van der Waals surface area contributed by atoms with Crippen LogP contribution in [0.15, 0.2) is 103 Å². The molecule has 0 aliphatic heterocycles. The van der Waals surface area contributed by atoms with Crippen molar-refractivity contribution in [3.05, 3.63) is 120 Å². The molecule has 0 saturated heterocycles. The van der Waals surface area contributed by atoms with Crippen LogP contribution in [-0.2, 0) is 31.9 Å². The van der Waals surface area contributed by atoms with Gasteiger partial charge in [0.15, 0.2) is 0 Å². The minimum atomic E-state index is -0.244. The van der Waals surface area contributed by atoms with Crippen molar-refractivity contribution in [1.82, 2.24) is 14.5 Å². The normalized spacial score (nSPS) is 12.1. The molecule has 0 aliphatic carbocycles. The molecule has 3 aromatic heterocycles. The molecule has 0 spiro atoms. The van der Waals surface area contributed by atoms with E-state index in [0.717, 1.165) is 66.5 Å². The molecule has 0 saturated carbocycles. The van der Waals surface area contributed by atoms with Crippen molar-refractivity contribution in [3.63, 3.8) is 0 Å². The fourth-order valence-corrected chi connectivity index (χ4v) is 6.14. The third kappa shape index (κ3) is 5.36. The van der Waals surface area contributed by atoms with Crippen LogP contribution in [0.25, 0.3) is 60.9 Å². The molecule has 3 heterocycles. The summed E-state index contributed by atoms with van der Waals surface area (Å²) in [7, 11) is 0. The summed E-state index contributed by atoms with van der Waals surface area (Å²) < 4.78 is 2.17. The Bertz CT molecular complexity index is 2160. The van der Waals surface area contributed by atoms with Gasteiger partial charge in [-0.3, -0.25) is 4.98 Å². The van der Waals surface area contributed by atoms with Crippen LogP contribution in [0.5, 0.6) is 5.75 Å². The molecule has 0 fully saturated rings. The monoisotopic (exact) mass is 769 g/mol. The van der Waals surface area contributed by atoms with Gasteiger partial charge >= 0.3 is 0 Å². The van der Waals surface area contributed by atoms with Gasteiger partial charge in [-0.1, -0.05) is 96.1 Å². The summed E-state index contributed by atoms with van der Waals surface area (Å²) >= 11 is 0. The van der Waals surface area contributed by atoms with Crippen molar-refractivity contribution in [2.45, 2.75) is 52.4 Å². The van der Waals surface area contributed by atoms with E-state index < -0.39 is 0 Å². The molecule has 7 aromatic rings. The molecule has 45 heavy (non-hydrogen) atoms. The third-order valence-corrected chi connectivity index (χ3v) is 8.51. The first-order valence-corrected chi connectivity index (χ1v) is 15.2. The number of fused-ring (bicyclic) bond motifs is 4. The Labute approximate surface area is 279 Å². The number of phenols is 1. The molecule has 0 amide bonds. The number of aromatic hydroxyl groups is 1. The number of aromatic nitrogens is 3. The van der Waals surface area contributed by atoms with Crippen LogP contribution in [0.2, 0.25) is 0 Å². The summed E-state index contributed by atoms with van der Waals surface area (Å²) in [5, 5.41) is 16.1. The second-order valence-corrected chi connectivity index (χ2v) is 13.7. The Morgan fingerprint density at radius 1 is 0.711 bits per heavy atom. The van der Waals surface area contributed by atoms with Crippen molar-refractivity contribution in [2.75, 3.05) is 0 Å². The predicted molar refractivity (Wildman–Crippen MR) is 183 cm³/mol. The quantitative estimate of drug-likeness (QED) is 0.182. The fraction of sp³-hybridized carbons (Fsp3) is 0.200. The standard InChI is InChI=1S/C40H36N3O.Pt/c1-39(2,3)27-23-32(37(44)33(24-27)40(4,5)6)36-29-16-8-7-13-25(29)22-34(42-36)26-14-11-15-28(21-26)43-35-19-10-9-17-30(35)31-18-12-20-41-38(31)43;/h7-20,22-24,44H,1-6H3;/q-1;. The third-order valence-electron chi connectivity index (χ3n) is 8.51. The summed E-state index contributed by atoms with van der Waals surface area (Å²) in [6.07, 6.45) is 1.84. The van der Waals surface area contributed by atoms with Gasteiger partial charge in [-0.15, -0.1) is 29.8 Å². The number of para-hydroxylation sites is 1. The summed E-state index contributed by atoms with van der Waals surface area (Å²) in [4.78, 5) is 10.0. The zero-order valence-electron chi connectivity index (χ0n) is 26.4. The van der Waals surface area contributed by atoms with Gasteiger partial charge in [-0.25, -0.2) is 4.98 Å². The van der Waals surface area contributed by atoms with E-state index in [-0.39, 0.29) is 37.6 Å². The zero-order chi connectivity index (χ0) is 30.8. The molecule has 228 valence electrons. The predicted octanol–water partition coefficient (Wildman–Crippen LogP) is 10.2. The van der Waals surface area contributed by atoms with Crippen LogP contribution >= 0.6 is 0 Å². The Balaban J connectivity index is 0.00000357. The first-order chi connectivity index (χ1) is 21.0. The second kappa shape index (κ2) is 11.3. The maximum absolute atomic E-state index is 11.8. The second-order valence-electron chi connectivity index (χ2n) is 13.7. The number of benzene rings is 4. The first-order valence-electron chi connectivity index (χ1n) is 15.2. The van der Waals surface area contributed by atoms with Gasteiger partial charge in [0.2, 0.25) is 0 Å². The molecule has 0 radical (unpaired) electrons. The number of phenolic OH excluding ortho intramolecular Hbond substituents is 1. The molecule has 0 aliphatic rings. The van der Waals surface area contributed by atoms with Crippen LogP contribution in [-0.4, -0.2) is 19.6 Å². The van der Waals surface area contributed by atoms with Crippen LogP contribution in [0.3, 0.4) is 0 Å². The average Bonchev–Trinajstić information content (AvgIpc) is 3.34. The van der Waals surface area contributed by atoms with Gasteiger partial charge in [-0.2, -0.15) is 0 Å². The van der Waals surface area contributed by atoms with Crippen molar-refractivity contribution in [1.29, 1.82) is 0 Å². The summed E-state index contributed by atoms with van der Waals surface area (Å²) in [6.45, 7) is 13.1. The van der Waals surface area contributed by atoms with Crippen LogP contribution < -0.4 is 0 Å². The molecule has 7 rings (SSSR count). The van der Waals surface area contributed by atoms with E-state index in [1.807, 2.05) is 24.4 Å². The van der Waals surface area contributed by atoms with Crippen LogP contribution in [0.4, 0.5) is 0 Å². The van der Waals surface area contributed by atoms with Gasteiger partial charge < -0.3 is 9.67 Å². The van der Waals surface area contributed by atoms with E-state index in [4.69, 9.17) is 9.97 Å². The van der Waals surface area contributed by atoms with E-state index >= 15 is 0 Å². The van der Waals surface area contributed by atoms with Gasteiger partial charge in [0.1, 0.15) is 11.4 Å². The van der Waals surface area contributed by atoms with Gasteiger partial charge in [0.25, 0.3) is 0 Å². The molecule has 0 atom stereocenters. The molecule has 1 N–H and O–H groups in total. The first kappa shape index (κ1) is 30.7. The maximum atomic E-state index is 11.8. The van der Waals surface area contributed by atoms with E-state index in [2.05, 4.69) is 131 Å². The number of hydrogen-bond donors (Lipinski definition) is 1. The number of rotatable bonds is 3. The topological polar surface area (TPSA) is 50.9 Å². The zero-order valence-corrected chi connectivity index (χ0v) is 28.7. The van der Waals surface area contributed by atoms with Crippen molar-refractivity contribution in [3.8, 4) is 34.0 Å².